The van der Waals surface area contributed by atoms with Gasteiger partial charge in [0.15, 0.2) is 0 Å². The SMILES string of the molecule is CCN(CC1CCN(c2ccccn2)CC1)C(=O)[C@@H]1C[C@H]2CC[C@H]1O2. The first-order valence-electron chi connectivity index (χ1n) is 9.84. The lowest BCUT2D eigenvalue weighted by molar-refractivity contribution is -0.137. The highest BCUT2D eigenvalue weighted by atomic mass is 16.5. The van der Waals surface area contributed by atoms with Crippen LogP contribution in [0.4, 0.5) is 5.82 Å². The summed E-state index contributed by atoms with van der Waals surface area (Å²) in [7, 11) is 0. The van der Waals surface area contributed by atoms with Crippen LogP contribution in [0.25, 0.3) is 0 Å². The molecule has 136 valence electrons. The number of carbonyl (C=O) groups is 1. The lowest BCUT2D eigenvalue weighted by Gasteiger charge is -2.36. The topological polar surface area (TPSA) is 45.7 Å². The van der Waals surface area contributed by atoms with Gasteiger partial charge >= 0.3 is 0 Å². The Hall–Kier alpha value is -1.62. The van der Waals surface area contributed by atoms with Gasteiger partial charge in [0.05, 0.1) is 18.1 Å². The van der Waals surface area contributed by atoms with Gasteiger partial charge in [0, 0.05) is 32.4 Å². The Labute approximate surface area is 150 Å². The van der Waals surface area contributed by atoms with Crippen molar-refractivity contribution >= 4 is 11.7 Å². The number of rotatable bonds is 5. The molecule has 3 atom stereocenters. The van der Waals surface area contributed by atoms with Crippen LogP contribution in [-0.4, -0.2) is 54.2 Å². The third-order valence-electron chi connectivity index (χ3n) is 6.18. The van der Waals surface area contributed by atoms with Crippen molar-refractivity contribution < 1.29 is 9.53 Å². The van der Waals surface area contributed by atoms with Crippen LogP contribution < -0.4 is 4.90 Å². The molecule has 0 aliphatic carbocycles. The van der Waals surface area contributed by atoms with Crippen molar-refractivity contribution in [3.05, 3.63) is 24.4 Å². The largest absolute Gasteiger partial charge is 0.374 e. The number of hydrogen-bond donors (Lipinski definition) is 0. The highest BCUT2D eigenvalue weighted by molar-refractivity contribution is 5.80. The van der Waals surface area contributed by atoms with E-state index in [4.69, 9.17) is 4.74 Å². The van der Waals surface area contributed by atoms with Crippen molar-refractivity contribution in [2.45, 2.75) is 51.2 Å². The Kier molecular flexibility index (Phi) is 4.93. The number of hydrogen-bond acceptors (Lipinski definition) is 4. The zero-order valence-corrected chi connectivity index (χ0v) is 15.1. The third-order valence-corrected chi connectivity index (χ3v) is 6.18. The maximum atomic E-state index is 13.0. The molecule has 5 nitrogen and oxygen atoms in total. The van der Waals surface area contributed by atoms with Crippen molar-refractivity contribution in [1.82, 2.24) is 9.88 Å². The van der Waals surface area contributed by atoms with Crippen LogP contribution in [0.5, 0.6) is 0 Å². The summed E-state index contributed by atoms with van der Waals surface area (Å²) in [5.74, 6) is 2.13. The van der Waals surface area contributed by atoms with Gasteiger partial charge in [-0.25, -0.2) is 4.98 Å². The fourth-order valence-corrected chi connectivity index (χ4v) is 4.70. The molecule has 1 aromatic rings. The quantitative estimate of drug-likeness (QED) is 0.825. The summed E-state index contributed by atoms with van der Waals surface area (Å²) in [6, 6.07) is 6.08. The van der Waals surface area contributed by atoms with E-state index in [2.05, 4.69) is 27.8 Å². The van der Waals surface area contributed by atoms with Crippen LogP contribution in [0.15, 0.2) is 24.4 Å². The molecule has 0 aromatic carbocycles. The predicted molar refractivity (Wildman–Crippen MR) is 97.4 cm³/mol. The van der Waals surface area contributed by atoms with Gasteiger partial charge in [-0.1, -0.05) is 6.07 Å². The zero-order valence-electron chi connectivity index (χ0n) is 15.1. The average Bonchev–Trinajstić information content (AvgIpc) is 3.30. The molecule has 0 unspecified atom stereocenters. The third kappa shape index (κ3) is 3.52. The number of fused-ring (bicyclic) bond motifs is 2. The van der Waals surface area contributed by atoms with E-state index in [1.807, 2.05) is 18.3 Å². The van der Waals surface area contributed by atoms with Gasteiger partial charge in [0.1, 0.15) is 5.82 Å². The van der Waals surface area contributed by atoms with E-state index in [1.165, 1.54) is 0 Å². The van der Waals surface area contributed by atoms with E-state index >= 15 is 0 Å². The number of carbonyl (C=O) groups excluding carboxylic acids is 1. The first-order chi connectivity index (χ1) is 12.2. The summed E-state index contributed by atoms with van der Waals surface area (Å²) in [6.45, 7) is 5.89. The minimum atomic E-state index is 0.118. The predicted octanol–water partition coefficient (Wildman–Crippen LogP) is 2.71. The summed E-state index contributed by atoms with van der Waals surface area (Å²) in [6.07, 6.45) is 7.82. The molecular formula is C20H29N3O2. The Balaban J connectivity index is 1.30. The van der Waals surface area contributed by atoms with Gasteiger partial charge in [-0.3, -0.25) is 4.79 Å². The number of amides is 1. The number of nitrogens with zero attached hydrogens (tertiary/aromatic N) is 3. The standard InChI is InChI=1S/C20H29N3O2/c1-2-22(20(24)17-13-16-6-7-18(17)25-16)14-15-8-11-23(12-9-15)19-5-3-4-10-21-19/h3-5,10,15-18H,2,6-9,11-14H2,1H3/t16-,17-,18-/m1/s1. The number of aromatic nitrogens is 1. The first kappa shape index (κ1) is 16.8. The number of ether oxygens (including phenoxy) is 1. The first-order valence-corrected chi connectivity index (χ1v) is 9.84. The minimum absolute atomic E-state index is 0.118. The summed E-state index contributed by atoms with van der Waals surface area (Å²) in [4.78, 5) is 21.9. The van der Waals surface area contributed by atoms with Crippen LogP contribution in [0, 0.1) is 11.8 Å². The van der Waals surface area contributed by atoms with Crippen LogP contribution in [0.3, 0.4) is 0 Å². The Morgan fingerprint density at radius 3 is 2.72 bits per heavy atom. The molecule has 3 aliphatic rings. The Morgan fingerprint density at radius 2 is 2.12 bits per heavy atom. The maximum absolute atomic E-state index is 13.0. The molecule has 5 heteroatoms. The molecular weight excluding hydrogens is 314 g/mol. The van der Waals surface area contributed by atoms with E-state index in [1.54, 1.807) is 0 Å². The second-order valence-electron chi connectivity index (χ2n) is 7.71. The monoisotopic (exact) mass is 343 g/mol. The van der Waals surface area contributed by atoms with E-state index in [0.29, 0.717) is 17.9 Å². The van der Waals surface area contributed by atoms with Gasteiger partial charge in [-0.15, -0.1) is 0 Å². The van der Waals surface area contributed by atoms with Crippen molar-refractivity contribution in [1.29, 1.82) is 0 Å². The van der Waals surface area contributed by atoms with Crippen LogP contribution in [0.1, 0.15) is 39.0 Å². The maximum Gasteiger partial charge on any atom is 0.228 e. The van der Waals surface area contributed by atoms with E-state index in [9.17, 15) is 4.79 Å². The number of anilines is 1. The van der Waals surface area contributed by atoms with Crippen LogP contribution in [0.2, 0.25) is 0 Å². The van der Waals surface area contributed by atoms with Crippen molar-refractivity contribution in [2.75, 3.05) is 31.1 Å². The molecule has 4 heterocycles. The van der Waals surface area contributed by atoms with Gasteiger partial charge in [0.2, 0.25) is 5.91 Å². The molecule has 0 spiro atoms. The van der Waals surface area contributed by atoms with Crippen LogP contribution in [-0.2, 0) is 9.53 Å². The fraction of sp³-hybridized carbons (Fsp3) is 0.700. The highest BCUT2D eigenvalue weighted by Crippen LogP contribution is 2.39. The number of pyridine rings is 1. The van der Waals surface area contributed by atoms with Gasteiger partial charge in [-0.2, -0.15) is 0 Å². The molecule has 4 rings (SSSR count). The molecule has 1 amide bonds. The van der Waals surface area contributed by atoms with E-state index in [-0.39, 0.29) is 12.0 Å². The molecule has 3 saturated heterocycles. The molecule has 0 saturated carbocycles. The van der Waals surface area contributed by atoms with Gasteiger partial charge < -0.3 is 14.5 Å². The van der Waals surface area contributed by atoms with Gasteiger partial charge in [-0.05, 0) is 57.1 Å². The zero-order chi connectivity index (χ0) is 17.2. The van der Waals surface area contributed by atoms with E-state index < -0.39 is 0 Å². The molecule has 25 heavy (non-hydrogen) atoms. The van der Waals surface area contributed by atoms with Gasteiger partial charge in [0.25, 0.3) is 0 Å². The Morgan fingerprint density at radius 1 is 1.28 bits per heavy atom. The fourth-order valence-electron chi connectivity index (χ4n) is 4.70. The molecule has 3 fully saturated rings. The summed E-state index contributed by atoms with van der Waals surface area (Å²) in [5.41, 5.74) is 0. The molecule has 3 aliphatic heterocycles. The highest BCUT2D eigenvalue weighted by Gasteiger charge is 2.45. The second-order valence-corrected chi connectivity index (χ2v) is 7.71. The van der Waals surface area contributed by atoms with Crippen LogP contribution >= 0.6 is 0 Å². The molecule has 0 N–H and O–H groups in total. The Bertz CT molecular complexity index is 586. The summed E-state index contributed by atoms with van der Waals surface area (Å²) in [5, 5.41) is 0. The smallest absolute Gasteiger partial charge is 0.228 e. The summed E-state index contributed by atoms with van der Waals surface area (Å²) < 4.78 is 5.89. The molecule has 1 aromatic heterocycles. The van der Waals surface area contributed by atoms with E-state index in [0.717, 1.165) is 64.1 Å². The van der Waals surface area contributed by atoms with Crippen molar-refractivity contribution in [2.24, 2.45) is 11.8 Å². The molecule has 2 bridgehead atoms. The second kappa shape index (κ2) is 7.32. The van der Waals surface area contributed by atoms with Crippen molar-refractivity contribution in [3.63, 3.8) is 0 Å². The van der Waals surface area contributed by atoms with Crippen molar-refractivity contribution in [3.8, 4) is 0 Å². The average molecular weight is 343 g/mol. The minimum Gasteiger partial charge on any atom is -0.374 e. The lowest BCUT2D eigenvalue weighted by Crippen LogP contribution is -2.44. The lowest BCUT2D eigenvalue weighted by atomic mass is 9.87. The normalized spacial score (nSPS) is 29.2. The summed E-state index contributed by atoms with van der Waals surface area (Å²) >= 11 is 0. The number of piperidine rings is 1. The molecule has 0 radical (unpaired) electrons.